The Morgan fingerprint density at radius 3 is 2.48 bits per heavy atom. The molecule has 2 aromatic rings. The fraction of sp³-hybridized carbons (Fsp3) is 0.300. The minimum absolute atomic E-state index is 0.0301. The van der Waals surface area contributed by atoms with Gasteiger partial charge in [0.2, 0.25) is 5.91 Å². The Hall–Kier alpha value is -2.66. The van der Waals surface area contributed by atoms with Crippen LogP contribution in [0.3, 0.4) is 0 Å². The molecule has 0 atom stereocenters. The monoisotopic (exact) mass is 337 g/mol. The summed E-state index contributed by atoms with van der Waals surface area (Å²) < 4.78 is 0. The van der Waals surface area contributed by atoms with Gasteiger partial charge in [0, 0.05) is 29.9 Å². The maximum Gasteiger partial charge on any atom is 0.258 e. The normalized spacial score (nSPS) is 14.8. The number of nitrogens with one attached hydrogen (secondary N) is 2. The van der Waals surface area contributed by atoms with Crippen LogP contribution in [0.1, 0.15) is 23.2 Å². The molecule has 1 fully saturated rings. The number of carbonyl (C=O) groups is 2. The number of para-hydroxylation sites is 1. The van der Waals surface area contributed by atoms with E-state index < -0.39 is 0 Å². The number of rotatable bonds is 4. The Bertz CT molecular complexity index is 740. The molecule has 5 nitrogen and oxygen atoms in total. The van der Waals surface area contributed by atoms with Crippen molar-refractivity contribution in [2.24, 2.45) is 5.92 Å². The van der Waals surface area contributed by atoms with E-state index in [0.29, 0.717) is 11.3 Å². The zero-order valence-electron chi connectivity index (χ0n) is 14.4. The van der Waals surface area contributed by atoms with E-state index in [-0.39, 0.29) is 17.7 Å². The maximum atomic E-state index is 12.7. The lowest BCUT2D eigenvalue weighted by molar-refractivity contribution is -0.120. The molecule has 2 aromatic carbocycles. The van der Waals surface area contributed by atoms with Gasteiger partial charge in [-0.1, -0.05) is 24.3 Å². The molecule has 0 aromatic heterocycles. The lowest BCUT2D eigenvalue weighted by Crippen LogP contribution is -2.34. The van der Waals surface area contributed by atoms with E-state index >= 15 is 0 Å². The van der Waals surface area contributed by atoms with E-state index in [1.54, 1.807) is 30.1 Å². The molecule has 0 unspecified atom stereocenters. The van der Waals surface area contributed by atoms with Gasteiger partial charge in [-0.2, -0.15) is 0 Å². The average molecular weight is 337 g/mol. The van der Waals surface area contributed by atoms with E-state index in [2.05, 4.69) is 10.6 Å². The summed E-state index contributed by atoms with van der Waals surface area (Å²) in [5.74, 6) is -0.0423. The SMILES string of the molecule is CN(C(=O)c1cccc(NC(=O)C2CCNCC2)c1)c1ccccc1. The Balaban J connectivity index is 1.70. The van der Waals surface area contributed by atoms with Gasteiger partial charge in [-0.25, -0.2) is 0 Å². The van der Waals surface area contributed by atoms with Crippen LogP contribution in [0.25, 0.3) is 0 Å². The predicted octanol–water partition coefficient (Wildman–Crippen LogP) is 2.90. The molecule has 25 heavy (non-hydrogen) atoms. The number of hydrogen-bond donors (Lipinski definition) is 2. The first kappa shape index (κ1) is 17.2. The zero-order valence-corrected chi connectivity index (χ0v) is 14.4. The largest absolute Gasteiger partial charge is 0.326 e. The van der Waals surface area contributed by atoms with Crippen LogP contribution in [0.4, 0.5) is 11.4 Å². The summed E-state index contributed by atoms with van der Waals surface area (Å²) >= 11 is 0. The van der Waals surface area contributed by atoms with Crippen LogP contribution in [-0.2, 0) is 4.79 Å². The molecule has 130 valence electrons. The van der Waals surface area contributed by atoms with E-state index in [0.717, 1.165) is 31.6 Å². The Morgan fingerprint density at radius 2 is 1.76 bits per heavy atom. The van der Waals surface area contributed by atoms with Gasteiger partial charge >= 0.3 is 0 Å². The number of piperidine rings is 1. The highest BCUT2D eigenvalue weighted by atomic mass is 16.2. The molecular formula is C20H23N3O2. The molecule has 0 bridgehead atoms. The highest BCUT2D eigenvalue weighted by Gasteiger charge is 2.21. The molecule has 5 heteroatoms. The summed E-state index contributed by atoms with van der Waals surface area (Å²) in [7, 11) is 1.75. The summed E-state index contributed by atoms with van der Waals surface area (Å²) in [6.45, 7) is 1.75. The first-order valence-corrected chi connectivity index (χ1v) is 8.60. The van der Waals surface area contributed by atoms with Crippen molar-refractivity contribution in [3.8, 4) is 0 Å². The van der Waals surface area contributed by atoms with Crippen molar-refractivity contribution in [2.75, 3.05) is 30.4 Å². The molecular weight excluding hydrogens is 314 g/mol. The Morgan fingerprint density at radius 1 is 1.04 bits per heavy atom. The number of benzene rings is 2. The van der Waals surface area contributed by atoms with Crippen molar-refractivity contribution in [1.29, 1.82) is 0 Å². The summed E-state index contributed by atoms with van der Waals surface area (Å²) in [5.41, 5.74) is 2.04. The van der Waals surface area contributed by atoms with Crippen molar-refractivity contribution in [1.82, 2.24) is 5.32 Å². The molecule has 1 heterocycles. The van der Waals surface area contributed by atoms with Crippen LogP contribution in [-0.4, -0.2) is 32.0 Å². The van der Waals surface area contributed by atoms with Gasteiger partial charge < -0.3 is 15.5 Å². The zero-order chi connectivity index (χ0) is 17.6. The molecule has 0 aliphatic carbocycles. The minimum atomic E-state index is -0.107. The lowest BCUT2D eigenvalue weighted by Gasteiger charge is -2.22. The van der Waals surface area contributed by atoms with Crippen LogP contribution in [0.5, 0.6) is 0 Å². The van der Waals surface area contributed by atoms with Crippen molar-refractivity contribution < 1.29 is 9.59 Å². The fourth-order valence-corrected chi connectivity index (χ4v) is 3.02. The van der Waals surface area contributed by atoms with Crippen LogP contribution in [0.15, 0.2) is 54.6 Å². The third-order valence-electron chi connectivity index (χ3n) is 4.54. The minimum Gasteiger partial charge on any atom is -0.326 e. The number of anilines is 2. The lowest BCUT2D eigenvalue weighted by atomic mass is 9.97. The standard InChI is InChI=1S/C20H23N3O2/c1-23(18-8-3-2-4-9-18)20(25)16-6-5-7-17(14-16)22-19(24)15-10-12-21-13-11-15/h2-9,14-15,21H,10-13H2,1H3,(H,22,24). The van der Waals surface area contributed by atoms with Gasteiger partial charge in [0.05, 0.1) is 0 Å². The summed E-state index contributed by atoms with van der Waals surface area (Å²) in [6, 6.07) is 16.6. The predicted molar refractivity (Wildman–Crippen MR) is 99.8 cm³/mol. The molecule has 2 N–H and O–H groups in total. The number of carbonyl (C=O) groups excluding carboxylic acids is 2. The molecule has 1 saturated heterocycles. The van der Waals surface area contributed by atoms with Gasteiger partial charge in [0.15, 0.2) is 0 Å². The highest BCUT2D eigenvalue weighted by molar-refractivity contribution is 6.06. The second kappa shape index (κ2) is 7.94. The first-order valence-electron chi connectivity index (χ1n) is 8.60. The van der Waals surface area contributed by atoms with Crippen molar-refractivity contribution in [3.63, 3.8) is 0 Å². The third kappa shape index (κ3) is 4.25. The number of nitrogens with zero attached hydrogens (tertiary/aromatic N) is 1. The molecule has 1 aliphatic heterocycles. The second-order valence-corrected chi connectivity index (χ2v) is 6.29. The van der Waals surface area contributed by atoms with Crippen molar-refractivity contribution >= 4 is 23.2 Å². The van der Waals surface area contributed by atoms with Crippen LogP contribution in [0, 0.1) is 5.92 Å². The number of hydrogen-bond acceptors (Lipinski definition) is 3. The van der Waals surface area contributed by atoms with Gasteiger partial charge in [-0.3, -0.25) is 9.59 Å². The molecule has 0 saturated carbocycles. The third-order valence-corrected chi connectivity index (χ3v) is 4.54. The topological polar surface area (TPSA) is 61.4 Å². The fourth-order valence-electron chi connectivity index (χ4n) is 3.02. The smallest absolute Gasteiger partial charge is 0.258 e. The van der Waals surface area contributed by atoms with Gasteiger partial charge in [0.25, 0.3) is 5.91 Å². The van der Waals surface area contributed by atoms with Gasteiger partial charge in [0.1, 0.15) is 0 Å². The molecule has 3 rings (SSSR count). The molecule has 0 spiro atoms. The summed E-state index contributed by atoms with van der Waals surface area (Å²) in [6.07, 6.45) is 1.70. The van der Waals surface area contributed by atoms with Crippen LogP contribution < -0.4 is 15.5 Å². The maximum absolute atomic E-state index is 12.7. The first-order chi connectivity index (χ1) is 12.1. The van der Waals surface area contributed by atoms with Crippen LogP contribution in [0.2, 0.25) is 0 Å². The van der Waals surface area contributed by atoms with E-state index in [4.69, 9.17) is 0 Å². The van der Waals surface area contributed by atoms with E-state index in [9.17, 15) is 9.59 Å². The molecule has 0 radical (unpaired) electrons. The summed E-state index contributed by atoms with van der Waals surface area (Å²) in [5, 5.41) is 6.20. The van der Waals surface area contributed by atoms with Crippen molar-refractivity contribution in [3.05, 3.63) is 60.2 Å². The van der Waals surface area contributed by atoms with E-state index in [1.807, 2.05) is 36.4 Å². The average Bonchev–Trinajstić information content (AvgIpc) is 2.68. The highest BCUT2D eigenvalue weighted by Crippen LogP contribution is 2.19. The number of amides is 2. The van der Waals surface area contributed by atoms with Crippen LogP contribution >= 0.6 is 0 Å². The Labute approximate surface area is 148 Å². The van der Waals surface area contributed by atoms with E-state index in [1.165, 1.54) is 0 Å². The van der Waals surface area contributed by atoms with Crippen molar-refractivity contribution in [2.45, 2.75) is 12.8 Å². The summed E-state index contributed by atoms with van der Waals surface area (Å²) in [4.78, 5) is 26.7. The van der Waals surface area contributed by atoms with Gasteiger partial charge in [-0.15, -0.1) is 0 Å². The van der Waals surface area contributed by atoms with Gasteiger partial charge in [-0.05, 0) is 56.3 Å². The molecule has 2 amide bonds. The Kier molecular flexibility index (Phi) is 5.46. The quantitative estimate of drug-likeness (QED) is 0.902. The second-order valence-electron chi connectivity index (χ2n) is 6.29. The molecule has 1 aliphatic rings.